The van der Waals surface area contributed by atoms with Crippen LogP contribution in [0.5, 0.6) is 11.5 Å². The average molecular weight is 335 g/mol. The lowest BCUT2D eigenvalue weighted by Crippen LogP contribution is -2.10. The Morgan fingerprint density at radius 3 is 2.10 bits per heavy atom. The van der Waals surface area contributed by atoms with Crippen molar-refractivity contribution >= 4 is 21.9 Å². The number of rotatable bonds is 3. The molecule has 0 amide bonds. The van der Waals surface area contributed by atoms with Crippen molar-refractivity contribution in [1.29, 1.82) is 0 Å². The number of carbonyl (C=O) groups excluding carboxylic acids is 1. The van der Waals surface area contributed by atoms with Crippen molar-refractivity contribution in [3.05, 3.63) is 57.6 Å². The molecular formula is C16H15BrO3. The molecule has 2 rings (SSSR count). The Hall–Kier alpha value is -1.81. The summed E-state index contributed by atoms with van der Waals surface area (Å²) in [6.07, 6.45) is 0. The van der Waals surface area contributed by atoms with Gasteiger partial charge in [-0.25, -0.2) is 4.79 Å². The maximum atomic E-state index is 12.1. The van der Waals surface area contributed by atoms with E-state index in [1.807, 2.05) is 26.0 Å². The summed E-state index contributed by atoms with van der Waals surface area (Å²) in [6, 6.07) is 10.7. The Morgan fingerprint density at radius 1 is 1.05 bits per heavy atom. The maximum Gasteiger partial charge on any atom is 0.343 e. The van der Waals surface area contributed by atoms with Gasteiger partial charge in [0.25, 0.3) is 0 Å². The quantitative estimate of drug-likeness (QED) is 0.620. The number of methoxy groups -OCH3 is 1. The van der Waals surface area contributed by atoms with E-state index in [0.717, 1.165) is 15.6 Å². The summed E-state index contributed by atoms with van der Waals surface area (Å²) < 4.78 is 11.5. The Balaban J connectivity index is 2.23. The summed E-state index contributed by atoms with van der Waals surface area (Å²) in [5.74, 6) is 0.938. The van der Waals surface area contributed by atoms with E-state index in [9.17, 15) is 4.79 Å². The van der Waals surface area contributed by atoms with E-state index in [1.165, 1.54) is 0 Å². The molecule has 0 atom stereocenters. The highest BCUT2D eigenvalue weighted by atomic mass is 79.9. The number of hydrogen-bond acceptors (Lipinski definition) is 3. The van der Waals surface area contributed by atoms with Crippen molar-refractivity contribution in [3.8, 4) is 11.5 Å². The molecule has 0 heterocycles. The molecule has 0 bridgehead atoms. The fourth-order valence-electron chi connectivity index (χ4n) is 1.94. The zero-order chi connectivity index (χ0) is 14.7. The summed E-state index contributed by atoms with van der Waals surface area (Å²) in [7, 11) is 1.59. The number of halogens is 1. The van der Waals surface area contributed by atoms with Crippen LogP contribution in [0.2, 0.25) is 0 Å². The normalized spacial score (nSPS) is 10.2. The molecule has 0 aliphatic heterocycles. The van der Waals surface area contributed by atoms with E-state index in [-0.39, 0.29) is 5.97 Å². The fourth-order valence-corrected chi connectivity index (χ4v) is 2.62. The molecule has 0 spiro atoms. The highest BCUT2D eigenvalue weighted by Gasteiger charge is 2.13. The van der Waals surface area contributed by atoms with Gasteiger partial charge in [0.05, 0.1) is 12.7 Å². The third-order valence-electron chi connectivity index (χ3n) is 2.95. The molecule has 0 aliphatic carbocycles. The summed E-state index contributed by atoms with van der Waals surface area (Å²) in [6.45, 7) is 3.82. The highest BCUT2D eigenvalue weighted by molar-refractivity contribution is 9.10. The van der Waals surface area contributed by atoms with Crippen molar-refractivity contribution < 1.29 is 14.3 Å². The van der Waals surface area contributed by atoms with Gasteiger partial charge in [-0.15, -0.1) is 0 Å². The Morgan fingerprint density at radius 2 is 1.60 bits per heavy atom. The number of esters is 1. The molecule has 0 aliphatic rings. The zero-order valence-corrected chi connectivity index (χ0v) is 13.2. The number of aryl methyl sites for hydroxylation is 2. The lowest BCUT2D eigenvalue weighted by atomic mass is 10.1. The maximum absolute atomic E-state index is 12.1. The molecule has 2 aromatic carbocycles. The molecule has 0 saturated carbocycles. The summed E-state index contributed by atoms with van der Waals surface area (Å²) in [5, 5.41) is 0. The highest BCUT2D eigenvalue weighted by Crippen LogP contribution is 2.28. The average Bonchev–Trinajstić information content (AvgIpc) is 2.42. The van der Waals surface area contributed by atoms with Crippen molar-refractivity contribution in [2.75, 3.05) is 7.11 Å². The molecule has 0 aromatic heterocycles. The van der Waals surface area contributed by atoms with Crippen LogP contribution in [-0.4, -0.2) is 13.1 Å². The molecule has 0 unspecified atom stereocenters. The largest absolute Gasteiger partial charge is 0.497 e. The van der Waals surface area contributed by atoms with Crippen LogP contribution < -0.4 is 9.47 Å². The van der Waals surface area contributed by atoms with Gasteiger partial charge in [0.1, 0.15) is 11.5 Å². The van der Waals surface area contributed by atoms with Gasteiger partial charge in [0.15, 0.2) is 0 Å². The van der Waals surface area contributed by atoms with Gasteiger partial charge in [-0.3, -0.25) is 0 Å². The van der Waals surface area contributed by atoms with Crippen molar-refractivity contribution in [1.82, 2.24) is 0 Å². The second kappa shape index (κ2) is 6.09. The summed E-state index contributed by atoms with van der Waals surface area (Å²) in [4.78, 5) is 12.1. The van der Waals surface area contributed by atoms with Gasteiger partial charge in [0.2, 0.25) is 0 Å². The summed E-state index contributed by atoms with van der Waals surface area (Å²) >= 11 is 3.42. The molecule has 0 saturated heterocycles. The standard InChI is InChI=1S/C16H15BrO3/c1-10-8-13(17)9-11(2)15(10)20-16(18)12-4-6-14(19-3)7-5-12/h4-9H,1-3H3. The lowest BCUT2D eigenvalue weighted by molar-refractivity contribution is 0.0732. The van der Waals surface area contributed by atoms with E-state index in [4.69, 9.17) is 9.47 Å². The van der Waals surface area contributed by atoms with Crippen LogP contribution in [0, 0.1) is 13.8 Å². The minimum absolute atomic E-state index is 0.374. The number of ether oxygens (including phenoxy) is 2. The van der Waals surface area contributed by atoms with Crippen molar-refractivity contribution in [2.45, 2.75) is 13.8 Å². The van der Waals surface area contributed by atoms with Crippen molar-refractivity contribution in [3.63, 3.8) is 0 Å². The van der Waals surface area contributed by atoms with E-state index < -0.39 is 0 Å². The van der Waals surface area contributed by atoms with Gasteiger partial charge >= 0.3 is 5.97 Å². The molecule has 2 aromatic rings. The van der Waals surface area contributed by atoms with Gasteiger partial charge in [0, 0.05) is 4.47 Å². The monoisotopic (exact) mass is 334 g/mol. The van der Waals surface area contributed by atoms with Crippen LogP contribution in [0.4, 0.5) is 0 Å². The minimum Gasteiger partial charge on any atom is -0.497 e. The summed E-state index contributed by atoms with van der Waals surface area (Å²) in [5.41, 5.74) is 2.32. The molecule has 0 N–H and O–H groups in total. The van der Waals surface area contributed by atoms with E-state index in [0.29, 0.717) is 17.1 Å². The first kappa shape index (κ1) is 14.6. The van der Waals surface area contributed by atoms with Crippen molar-refractivity contribution in [2.24, 2.45) is 0 Å². The number of hydrogen-bond donors (Lipinski definition) is 0. The van der Waals surface area contributed by atoms with Crippen LogP contribution in [0.1, 0.15) is 21.5 Å². The molecule has 0 fully saturated rings. The van der Waals surface area contributed by atoms with Gasteiger partial charge in [-0.05, 0) is 61.4 Å². The van der Waals surface area contributed by atoms with E-state index >= 15 is 0 Å². The smallest absolute Gasteiger partial charge is 0.343 e. The third-order valence-corrected chi connectivity index (χ3v) is 3.40. The molecule has 0 radical (unpaired) electrons. The number of benzene rings is 2. The van der Waals surface area contributed by atoms with E-state index in [2.05, 4.69) is 15.9 Å². The predicted molar refractivity (Wildman–Crippen MR) is 81.6 cm³/mol. The first-order valence-electron chi connectivity index (χ1n) is 6.14. The van der Waals surface area contributed by atoms with Crippen LogP contribution >= 0.6 is 15.9 Å². The first-order chi connectivity index (χ1) is 9.51. The topological polar surface area (TPSA) is 35.5 Å². The third kappa shape index (κ3) is 3.20. The molecule has 104 valence electrons. The Kier molecular flexibility index (Phi) is 4.45. The van der Waals surface area contributed by atoms with Gasteiger partial charge in [-0.2, -0.15) is 0 Å². The predicted octanol–water partition coefficient (Wildman–Crippen LogP) is 4.29. The SMILES string of the molecule is COc1ccc(C(=O)Oc2c(C)cc(Br)cc2C)cc1. The van der Waals surface area contributed by atoms with Crippen LogP contribution in [-0.2, 0) is 0 Å². The minimum atomic E-state index is -0.374. The van der Waals surface area contributed by atoms with Crippen LogP contribution in [0.3, 0.4) is 0 Å². The Labute approximate surface area is 126 Å². The lowest BCUT2D eigenvalue weighted by Gasteiger charge is -2.11. The second-order valence-electron chi connectivity index (χ2n) is 4.49. The van der Waals surface area contributed by atoms with Crippen LogP contribution in [0.15, 0.2) is 40.9 Å². The molecule has 3 nitrogen and oxygen atoms in total. The first-order valence-corrected chi connectivity index (χ1v) is 6.93. The Bertz CT molecular complexity index is 610. The zero-order valence-electron chi connectivity index (χ0n) is 11.6. The van der Waals surface area contributed by atoms with Gasteiger partial charge in [-0.1, -0.05) is 15.9 Å². The van der Waals surface area contributed by atoms with E-state index in [1.54, 1.807) is 31.4 Å². The molecule has 4 heteroatoms. The molecular weight excluding hydrogens is 320 g/mol. The second-order valence-corrected chi connectivity index (χ2v) is 5.40. The van der Waals surface area contributed by atoms with Gasteiger partial charge < -0.3 is 9.47 Å². The number of carbonyl (C=O) groups is 1. The molecule has 20 heavy (non-hydrogen) atoms. The van der Waals surface area contributed by atoms with Crippen LogP contribution in [0.25, 0.3) is 0 Å². The fraction of sp³-hybridized carbons (Fsp3) is 0.188.